The smallest absolute Gasteiger partial charge is 0.0672 e. The quantitative estimate of drug-likeness (QED) is 0.729. The van der Waals surface area contributed by atoms with Crippen LogP contribution in [0.15, 0.2) is 0 Å². The Hall–Kier alpha value is -0.590. The monoisotopic (exact) mass is 233 g/mol. The minimum atomic E-state index is 0.312. The average Bonchev–Trinajstić information content (AvgIpc) is 3.09. The molecule has 3 atom stereocenters. The second-order valence-electron chi connectivity index (χ2n) is 5.91. The third-order valence-electron chi connectivity index (χ3n) is 4.97. The number of nitrogens with zero attached hydrogens (tertiary/aromatic N) is 3. The van der Waals surface area contributed by atoms with E-state index in [0.29, 0.717) is 12.0 Å². The summed E-state index contributed by atoms with van der Waals surface area (Å²) in [5.41, 5.74) is 0. The summed E-state index contributed by atoms with van der Waals surface area (Å²) >= 11 is 0. The van der Waals surface area contributed by atoms with Gasteiger partial charge in [-0.3, -0.25) is 9.80 Å². The Labute approximate surface area is 104 Å². The van der Waals surface area contributed by atoms with Gasteiger partial charge in [0.1, 0.15) is 0 Å². The summed E-state index contributed by atoms with van der Waals surface area (Å²) < 4.78 is 0. The van der Waals surface area contributed by atoms with Gasteiger partial charge in [-0.1, -0.05) is 6.42 Å². The van der Waals surface area contributed by atoms with Crippen LogP contribution in [-0.2, 0) is 0 Å². The van der Waals surface area contributed by atoms with Gasteiger partial charge in [0.25, 0.3) is 0 Å². The van der Waals surface area contributed by atoms with Gasteiger partial charge in [0.15, 0.2) is 0 Å². The summed E-state index contributed by atoms with van der Waals surface area (Å²) in [4.78, 5) is 5.29. The van der Waals surface area contributed by atoms with Crippen LogP contribution in [0, 0.1) is 17.2 Å². The standard InChI is InChI=1S/C14H23N3/c15-10-12-4-3-5-14(12)17-9-6-13(11-17)16-7-1-2-8-16/h12-14H,1-9,11H2. The minimum Gasteiger partial charge on any atom is -0.299 e. The first-order valence-corrected chi connectivity index (χ1v) is 7.26. The second-order valence-corrected chi connectivity index (χ2v) is 5.91. The highest BCUT2D eigenvalue weighted by atomic mass is 15.3. The molecule has 3 nitrogen and oxygen atoms in total. The Morgan fingerprint density at radius 3 is 2.47 bits per heavy atom. The second kappa shape index (κ2) is 4.96. The molecule has 0 aromatic heterocycles. The van der Waals surface area contributed by atoms with Crippen molar-refractivity contribution in [2.75, 3.05) is 26.2 Å². The zero-order valence-corrected chi connectivity index (χ0v) is 10.6. The first-order chi connectivity index (χ1) is 8.38. The largest absolute Gasteiger partial charge is 0.299 e. The Balaban J connectivity index is 1.58. The van der Waals surface area contributed by atoms with Crippen molar-refractivity contribution >= 4 is 0 Å². The van der Waals surface area contributed by atoms with Crippen LogP contribution >= 0.6 is 0 Å². The van der Waals surface area contributed by atoms with Crippen molar-refractivity contribution in [3.63, 3.8) is 0 Å². The van der Waals surface area contributed by atoms with Gasteiger partial charge in [0.05, 0.1) is 12.0 Å². The molecule has 3 aliphatic rings. The SMILES string of the molecule is N#CC1CCCC1N1CCC(N2CCCC2)C1. The van der Waals surface area contributed by atoms with E-state index in [0.717, 1.165) is 12.5 Å². The van der Waals surface area contributed by atoms with Gasteiger partial charge < -0.3 is 0 Å². The van der Waals surface area contributed by atoms with Gasteiger partial charge in [-0.15, -0.1) is 0 Å². The molecule has 0 radical (unpaired) electrons. The van der Waals surface area contributed by atoms with Crippen LogP contribution in [0.25, 0.3) is 0 Å². The molecule has 17 heavy (non-hydrogen) atoms. The Kier molecular flexibility index (Phi) is 3.35. The molecule has 0 aromatic carbocycles. The first kappa shape index (κ1) is 11.5. The Morgan fingerprint density at radius 2 is 1.71 bits per heavy atom. The first-order valence-electron chi connectivity index (χ1n) is 7.26. The molecule has 94 valence electrons. The molecule has 2 heterocycles. The number of likely N-dealkylation sites (tertiary alicyclic amines) is 2. The van der Waals surface area contributed by atoms with Gasteiger partial charge in [-0.2, -0.15) is 5.26 Å². The fourth-order valence-corrected chi connectivity index (χ4v) is 4.00. The zero-order chi connectivity index (χ0) is 11.7. The van der Waals surface area contributed by atoms with E-state index in [1.807, 2.05) is 0 Å². The average molecular weight is 233 g/mol. The maximum absolute atomic E-state index is 9.19. The highest BCUT2D eigenvalue weighted by Crippen LogP contribution is 2.32. The van der Waals surface area contributed by atoms with Gasteiger partial charge in [0.2, 0.25) is 0 Å². The predicted octanol–water partition coefficient (Wildman–Crippen LogP) is 1.85. The van der Waals surface area contributed by atoms with E-state index >= 15 is 0 Å². The molecule has 0 N–H and O–H groups in total. The molecule has 0 bridgehead atoms. The van der Waals surface area contributed by atoms with E-state index in [1.54, 1.807) is 0 Å². The molecule has 2 saturated heterocycles. The van der Waals surface area contributed by atoms with Gasteiger partial charge in [-0.25, -0.2) is 0 Å². The van der Waals surface area contributed by atoms with Crippen molar-refractivity contribution in [3.8, 4) is 6.07 Å². The fraction of sp³-hybridized carbons (Fsp3) is 0.929. The molecular formula is C14H23N3. The number of hydrogen-bond acceptors (Lipinski definition) is 3. The summed E-state index contributed by atoms with van der Waals surface area (Å²) in [5, 5.41) is 9.19. The molecule has 2 aliphatic heterocycles. The van der Waals surface area contributed by atoms with Crippen LogP contribution in [0.3, 0.4) is 0 Å². The summed E-state index contributed by atoms with van der Waals surface area (Å²) in [6, 6.07) is 3.89. The summed E-state index contributed by atoms with van der Waals surface area (Å²) in [6.07, 6.45) is 7.75. The lowest BCUT2D eigenvalue weighted by Crippen LogP contribution is -2.40. The van der Waals surface area contributed by atoms with E-state index in [9.17, 15) is 5.26 Å². The predicted molar refractivity (Wildman–Crippen MR) is 67.5 cm³/mol. The van der Waals surface area contributed by atoms with Crippen LogP contribution in [0.4, 0.5) is 0 Å². The molecule has 0 amide bonds. The molecular weight excluding hydrogens is 210 g/mol. The van der Waals surface area contributed by atoms with Crippen LogP contribution in [0.5, 0.6) is 0 Å². The highest BCUT2D eigenvalue weighted by Gasteiger charge is 2.37. The lowest BCUT2D eigenvalue weighted by Gasteiger charge is -2.28. The van der Waals surface area contributed by atoms with Gasteiger partial charge in [-0.05, 0) is 45.2 Å². The number of hydrogen-bond donors (Lipinski definition) is 0. The number of rotatable bonds is 2. The Bertz CT molecular complexity index is 303. The van der Waals surface area contributed by atoms with Crippen LogP contribution in [0.1, 0.15) is 38.5 Å². The summed E-state index contributed by atoms with van der Waals surface area (Å²) in [6.45, 7) is 5.07. The summed E-state index contributed by atoms with van der Waals surface area (Å²) in [5.74, 6) is 0.312. The molecule has 3 heteroatoms. The minimum absolute atomic E-state index is 0.312. The van der Waals surface area contributed by atoms with Crippen molar-refractivity contribution in [2.45, 2.75) is 50.6 Å². The van der Waals surface area contributed by atoms with Crippen LogP contribution in [-0.4, -0.2) is 48.1 Å². The van der Waals surface area contributed by atoms with Crippen LogP contribution < -0.4 is 0 Å². The van der Waals surface area contributed by atoms with Crippen LogP contribution in [0.2, 0.25) is 0 Å². The molecule has 1 aliphatic carbocycles. The molecule has 0 aromatic rings. The van der Waals surface area contributed by atoms with Crippen molar-refractivity contribution in [1.29, 1.82) is 5.26 Å². The third-order valence-corrected chi connectivity index (χ3v) is 4.97. The maximum atomic E-state index is 9.19. The van der Waals surface area contributed by atoms with Gasteiger partial charge in [0, 0.05) is 25.2 Å². The van der Waals surface area contributed by atoms with Crippen molar-refractivity contribution < 1.29 is 0 Å². The maximum Gasteiger partial charge on any atom is 0.0672 e. The molecule has 0 spiro atoms. The summed E-state index contributed by atoms with van der Waals surface area (Å²) in [7, 11) is 0. The van der Waals surface area contributed by atoms with E-state index in [2.05, 4.69) is 15.9 Å². The topological polar surface area (TPSA) is 30.3 Å². The van der Waals surface area contributed by atoms with Crippen molar-refractivity contribution in [3.05, 3.63) is 0 Å². The normalized spacial score (nSPS) is 39.8. The van der Waals surface area contributed by atoms with E-state index in [4.69, 9.17) is 0 Å². The van der Waals surface area contributed by atoms with E-state index in [-0.39, 0.29) is 0 Å². The van der Waals surface area contributed by atoms with Crippen molar-refractivity contribution in [2.24, 2.45) is 5.92 Å². The third kappa shape index (κ3) is 2.21. The zero-order valence-electron chi connectivity index (χ0n) is 10.6. The lowest BCUT2D eigenvalue weighted by atomic mass is 10.0. The van der Waals surface area contributed by atoms with Crippen molar-refractivity contribution in [1.82, 2.24) is 9.80 Å². The van der Waals surface area contributed by atoms with E-state index < -0.39 is 0 Å². The van der Waals surface area contributed by atoms with E-state index in [1.165, 1.54) is 58.3 Å². The molecule has 3 fully saturated rings. The lowest BCUT2D eigenvalue weighted by molar-refractivity contribution is 0.187. The number of nitriles is 1. The molecule has 3 unspecified atom stereocenters. The Morgan fingerprint density at radius 1 is 0.882 bits per heavy atom. The fourth-order valence-electron chi connectivity index (χ4n) is 4.00. The van der Waals surface area contributed by atoms with Gasteiger partial charge >= 0.3 is 0 Å². The molecule has 3 rings (SSSR count). The molecule has 1 saturated carbocycles. The highest BCUT2D eigenvalue weighted by molar-refractivity contribution is 5.00.